The molecule has 1 fully saturated rings. The van der Waals surface area contributed by atoms with Gasteiger partial charge in [0.05, 0.1) is 0 Å². The summed E-state index contributed by atoms with van der Waals surface area (Å²) in [7, 11) is 0. The van der Waals surface area contributed by atoms with E-state index in [9.17, 15) is 5.11 Å². The van der Waals surface area contributed by atoms with Crippen molar-refractivity contribution in [1.82, 2.24) is 5.32 Å². The highest BCUT2D eigenvalue weighted by atomic mass is 79.9. The highest BCUT2D eigenvalue weighted by molar-refractivity contribution is 9.10. The maximum absolute atomic E-state index is 9.95. The zero-order valence-corrected chi connectivity index (χ0v) is 14.3. The molecule has 1 aromatic rings. The van der Waals surface area contributed by atoms with Crippen LogP contribution in [0, 0.1) is 11.8 Å². The van der Waals surface area contributed by atoms with Gasteiger partial charge in [-0.1, -0.05) is 41.8 Å². The van der Waals surface area contributed by atoms with Gasteiger partial charge in [-0.2, -0.15) is 0 Å². The number of hydrogen-bond acceptors (Lipinski definition) is 3. The van der Waals surface area contributed by atoms with Gasteiger partial charge in [-0.25, -0.2) is 0 Å². The normalized spacial score (nSPS) is 23.8. The van der Waals surface area contributed by atoms with E-state index in [0.29, 0.717) is 13.2 Å². The lowest BCUT2D eigenvalue weighted by Gasteiger charge is -2.26. The van der Waals surface area contributed by atoms with Crippen LogP contribution in [0.3, 0.4) is 0 Å². The van der Waals surface area contributed by atoms with Crippen molar-refractivity contribution in [2.45, 2.75) is 38.7 Å². The third-order valence-corrected chi connectivity index (χ3v) is 4.68. The third-order valence-electron chi connectivity index (χ3n) is 4.19. The van der Waals surface area contributed by atoms with E-state index in [-0.39, 0.29) is 0 Å². The first-order valence-electron chi connectivity index (χ1n) is 7.90. The maximum atomic E-state index is 9.95. The Morgan fingerprint density at radius 1 is 1.33 bits per heavy atom. The van der Waals surface area contributed by atoms with E-state index in [0.717, 1.165) is 28.6 Å². The summed E-state index contributed by atoms with van der Waals surface area (Å²) in [4.78, 5) is 0. The van der Waals surface area contributed by atoms with Gasteiger partial charge in [0.15, 0.2) is 0 Å². The van der Waals surface area contributed by atoms with Crippen molar-refractivity contribution < 1.29 is 9.84 Å². The summed E-state index contributed by atoms with van der Waals surface area (Å²) < 4.78 is 6.57. The van der Waals surface area contributed by atoms with Gasteiger partial charge in [0.2, 0.25) is 0 Å². The fourth-order valence-corrected chi connectivity index (χ4v) is 3.17. The SMILES string of the molecule is CC1CCC(CNCC(O)COc2cccc(Br)c2)CC1. The molecule has 0 bridgehead atoms. The van der Waals surface area contributed by atoms with E-state index in [2.05, 4.69) is 28.2 Å². The Hall–Kier alpha value is -0.580. The Morgan fingerprint density at radius 2 is 2.10 bits per heavy atom. The highest BCUT2D eigenvalue weighted by Gasteiger charge is 2.18. The molecule has 4 heteroatoms. The topological polar surface area (TPSA) is 41.5 Å². The molecule has 1 saturated carbocycles. The van der Waals surface area contributed by atoms with Gasteiger partial charge >= 0.3 is 0 Å². The van der Waals surface area contributed by atoms with Crippen molar-refractivity contribution in [1.29, 1.82) is 0 Å². The summed E-state index contributed by atoms with van der Waals surface area (Å²) in [5, 5.41) is 13.3. The second-order valence-electron chi connectivity index (χ2n) is 6.21. The minimum atomic E-state index is -0.466. The molecule has 0 aliphatic heterocycles. The molecule has 1 aliphatic rings. The number of aliphatic hydroxyl groups is 1. The van der Waals surface area contributed by atoms with Gasteiger partial charge < -0.3 is 15.2 Å². The van der Waals surface area contributed by atoms with Crippen LogP contribution in [0.25, 0.3) is 0 Å². The van der Waals surface area contributed by atoms with Crippen molar-refractivity contribution in [2.75, 3.05) is 19.7 Å². The summed E-state index contributed by atoms with van der Waals surface area (Å²) in [5.74, 6) is 2.45. The summed E-state index contributed by atoms with van der Waals surface area (Å²) in [5.41, 5.74) is 0. The van der Waals surface area contributed by atoms with Gasteiger partial charge in [0.25, 0.3) is 0 Å². The molecule has 1 aromatic carbocycles. The maximum Gasteiger partial charge on any atom is 0.120 e. The number of halogens is 1. The van der Waals surface area contributed by atoms with Gasteiger partial charge in [-0.3, -0.25) is 0 Å². The average Bonchev–Trinajstić information content (AvgIpc) is 2.47. The van der Waals surface area contributed by atoms with Crippen molar-refractivity contribution >= 4 is 15.9 Å². The second-order valence-corrected chi connectivity index (χ2v) is 7.12. The van der Waals surface area contributed by atoms with E-state index in [4.69, 9.17) is 4.74 Å². The monoisotopic (exact) mass is 355 g/mol. The van der Waals surface area contributed by atoms with Crippen LogP contribution >= 0.6 is 15.9 Å². The summed E-state index contributed by atoms with van der Waals surface area (Å²) >= 11 is 3.40. The van der Waals surface area contributed by atoms with Gasteiger partial charge in [-0.05, 0) is 49.4 Å². The van der Waals surface area contributed by atoms with Crippen LogP contribution in [0.15, 0.2) is 28.7 Å². The van der Waals surface area contributed by atoms with E-state index in [1.165, 1.54) is 25.7 Å². The largest absolute Gasteiger partial charge is 0.491 e. The highest BCUT2D eigenvalue weighted by Crippen LogP contribution is 2.27. The lowest BCUT2D eigenvalue weighted by atomic mass is 9.83. The van der Waals surface area contributed by atoms with E-state index in [1.807, 2.05) is 24.3 Å². The minimum Gasteiger partial charge on any atom is -0.491 e. The number of ether oxygens (including phenoxy) is 1. The molecule has 1 atom stereocenters. The molecular weight excluding hydrogens is 330 g/mol. The summed E-state index contributed by atoms with van der Waals surface area (Å²) in [6.45, 7) is 4.28. The predicted octanol–water partition coefficient (Wildman–Crippen LogP) is 3.60. The first-order chi connectivity index (χ1) is 10.1. The molecule has 0 spiro atoms. The fourth-order valence-electron chi connectivity index (χ4n) is 2.80. The van der Waals surface area contributed by atoms with Crippen LogP contribution in [-0.2, 0) is 0 Å². The van der Waals surface area contributed by atoms with Crippen LogP contribution in [0.4, 0.5) is 0 Å². The molecule has 118 valence electrons. The second kappa shape index (κ2) is 8.76. The quantitative estimate of drug-likeness (QED) is 0.784. The number of hydrogen-bond donors (Lipinski definition) is 2. The Morgan fingerprint density at radius 3 is 2.81 bits per heavy atom. The van der Waals surface area contributed by atoms with Crippen molar-refractivity contribution in [2.24, 2.45) is 11.8 Å². The Labute approximate surface area is 136 Å². The molecule has 0 radical (unpaired) electrons. The third kappa shape index (κ3) is 6.37. The standard InChI is InChI=1S/C17H26BrNO2/c1-13-5-7-14(8-6-13)10-19-11-16(20)12-21-17-4-2-3-15(18)9-17/h2-4,9,13-14,16,19-20H,5-8,10-12H2,1H3. The molecular formula is C17H26BrNO2. The molecule has 0 heterocycles. The van der Waals surface area contributed by atoms with Crippen molar-refractivity contribution in [3.05, 3.63) is 28.7 Å². The molecule has 0 aromatic heterocycles. The Bertz CT molecular complexity index is 419. The zero-order valence-electron chi connectivity index (χ0n) is 12.7. The summed E-state index contributed by atoms with van der Waals surface area (Å²) in [6.07, 6.45) is 4.87. The number of aliphatic hydroxyl groups excluding tert-OH is 1. The van der Waals surface area contributed by atoms with Crippen LogP contribution in [0.5, 0.6) is 5.75 Å². The number of nitrogens with one attached hydrogen (secondary N) is 1. The lowest BCUT2D eigenvalue weighted by Crippen LogP contribution is -2.35. The summed E-state index contributed by atoms with van der Waals surface area (Å²) in [6, 6.07) is 7.68. The Balaban J connectivity index is 1.58. The molecule has 2 N–H and O–H groups in total. The first-order valence-corrected chi connectivity index (χ1v) is 8.70. The van der Waals surface area contributed by atoms with Gasteiger partial charge in [-0.15, -0.1) is 0 Å². The predicted molar refractivity (Wildman–Crippen MR) is 89.6 cm³/mol. The van der Waals surface area contributed by atoms with E-state index < -0.39 is 6.10 Å². The lowest BCUT2D eigenvalue weighted by molar-refractivity contribution is 0.104. The minimum absolute atomic E-state index is 0.325. The van der Waals surface area contributed by atoms with E-state index in [1.54, 1.807) is 0 Å². The average molecular weight is 356 g/mol. The van der Waals surface area contributed by atoms with E-state index >= 15 is 0 Å². The zero-order chi connectivity index (χ0) is 15.1. The van der Waals surface area contributed by atoms with Gasteiger partial charge in [0.1, 0.15) is 18.5 Å². The molecule has 2 rings (SSSR count). The molecule has 1 unspecified atom stereocenters. The molecule has 3 nitrogen and oxygen atoms in total. The van der Waals surface area contributed by atoms with Gasteiger partial charge in [0, 0.05) is 11.0 Å². The number of rotatable bonds is 7. The molecule has 0 saturated heterocycles. The first kappa shape index (κ1) is 16.8. The fraction of sp³-hybridized carbons (Fsp3) is 0.647. The van der Waals surface area contributed by atoms with Crippen LogP contribution < -0.4 is 10.1 Å². The molecule has 1 aliphatic carbocycles. The van der Waals surface area contributed by atoms with Crippen LogP contribution in [-0.4, -0.2) is 30.9 Å². The van der Waals surface area contributed by atoms with Crippen molar-refractivity contribution in [3.8, 4) is 5.75 Å². The van der Waals surface area contributed by atoms with Crippen LogP contribution in [0.1, 0.15) is 32.6 Å². The van der Waals surface area contributed by atoms with Crippen molar-refractivity contribution in [3.63, 3.8) is 0 Å². The van der Waals surface area contributed by atoms with Crippen LogP contribution in [0.2, 0.25) is 0 Å². The Kier molecular flexibility index (Phi) is 7.00. The molecule has 21 heavy (non-hydrogen) atoms. The number of benzene rings is 1. The molecule has 0 amide bonds. The smallest absolute Gasteiger partial charge is 0.120 e.